The van der Waals surface area contributed by atoms with Crippen molar-refractivity contribution in [1.29, 1.82) is 0 Å². The average molecular weight is 771 g/mol. The van der Waals surface area contributed by atoms with E-state index in [9.17, 15) is 41.4 Å². The highest BCUT2D eigenvalue weighted by atomic mass is 19.4. The van der Waals surface area contributed by atoms with Crippen LogP contribution in [0.1, 0.15) is 82.8 Å². The zero-order valence-electron chi connectivity index (χ0n) is 30.9. The van der Waals surface area contributed by atoms with Gasteiger partial charge < -0.3 is 24.8 Å². The van der Waals surface area contributed by atoms with E-state index in [2.05, 4.69) is 0 Å². The number of methoxy groups -OCH3 is 2. The molecule has 0 aromatic heterocycles. The van der Waals surface area contributed by atoms with Crippen LogP contribution in [0.5, 0.6) is 28.7 Å². The van der Waals surface area contributed by atoms with Gasteiger partial charge in [-0.2, -0.15) is 13.2 Å². The van der Waals surface area contributed by atoms with E-state index < -0.39 is 42.3 Å². The lowest BCUT2D eigenvalue weighted by Gasteiger charge is -2.24. The molecule has 0 aliphatic heterocycles. The van der Waals surface area contributed by atoms with Gasteiger partial charge in [-0.1, -0.05) is 57.0 Å². The van der Waals surface area contributed by atoms with E-state index in [1.165, 1.54) is 31.4 Å². The number of carbonyl (C=O) groups is 1. The van der Waals surface area contributed by atoms with Crippen molar-refractivity contribution < 1.29 is 55.9 Å². The summed E-state index contributed by atoms with van der Waals surface area (Å²) in [5.41, 5.74) is 1.60. The summed E-state index contributed by atoms with van der Waals surface area (Å²) in [6, 6.07) is 22.1. The molecular weight excluding hydrogens is 726 g/mol. The van der Waals surface area contributed by atoms with E-state index >= 15 is 0 Å². The van der Waals surface area contributed by atoms with Crippen LogP contribution in [0.3, 0.4) is 0 Å². The molecule has 55 heavy (non-hydrogen) atoms. The Balaban J connectivity index is 0.000000312. The van der Waals surface area contributed by atoms with E-state index in [0.717, 1.165) is 30.9 Å². The number of rotatable bonds is 12. The fraction of sp³-hybridized carbons (Fsp3) is 0.279. The van der Waals surface area contributed by atoms with Crippen LogP contribution >= 0.6 is 0 Å². The van der Waals surface area contributed by atoms with Crippen LogP contribution in [0.2, 0.25) is 0 Å². The Kier molecular flexibility index (Phi) is 16.5. The molecule has 0 saturated carbocycles. The molecule has 12 heteroatoms. The number of carbonyl (C=O) groups excluding carboxylic acids is 1. The number of benzene rings is 5. The molecule has 1 unspecified atom stereocenters. The Hall–Kier alpha value is -5.65. The monoisotopic (exact) mass is 770 g/mol. The minimum Gasteiger partial charge on any atom is -0.508 e. The Morgan fingerprint density at radius 3 is 1.60 bits per heavy atom. The van der Waals surface area contributed by atoms with Crippen molar-refractivity contribution in [2.75, 3.05) is 14.2 Å². The van der Waals surface area contributed by atoms with E-state index in [-0.39, 0.29) is 34.0 Å². The van der Waals surface area contributed by atoms with Gasteiger partial charge in [0.15, 0.2) is 6.29 Å². The van der Waals surface area contributed by atoms with Crippen molar-refractivity contribution in [2.24, 2.45) is 0 Å². The Bertz CT molecular complexity index is 2010. The number of ether oxygens (including phenoxy) is 2. The molecule has 0 aliphatic rings. The molecule has 0 aliphatic carbocycles. The topological polar surface area (TPSA) is 96.2 Å². The maximum atomic E-state index is 14.9. The highest BCUT2D eigenvalue weighted by Crippen LogP contribution is 2.45. The summed E-state index contributed by atoms with van der Waals surface area (Å²) < 4.78 is 90.7. The summed E-state index contributed by atoms with van der Waals surface area (Å²) in [4.78, 5) is 10.3. The summed E-state index contributed by atoms with van der Waals surface area (Å²) in [6.45, 7) is 3.84. The first-order chi connectivity index (χ1) is 26.2. The molecule has 0 amide bonds. The zero-order valence-corrected chi connectivity index (χ0v) is 30.9. The highest BCUT2D eigenvalue weighted by Gasteiger charge is 2.30. The standard InChI is InChI=1S/C26H25F5O3.C9H11FO.C8H8O2/c1-3-6-15-11-22(32)18(13-20(15)27)25(17-7-4-5-8-24(17)34-2)19-14-21(28)16(12-23(19)33)9-10-26(29,30)31;1-2-3-7-6-8(11)4-5-9(7)10;1-10-8-5-3-2-4-7(8)6-9/h4-5,7-8,11-14,25,32-33H,3,6,9-10H2,1-2H3;4-6,11H,2-3H2,1H3;2-6H,1H3. The Morgan fingerprint density at radius 1 is 0.618 bits per heavy atom. The smallest absolute Gasteiger partial charge is 0.389 e. The van der Waals surface area contributed by atoms with Gasteiger partial charge in [0.25, 0.3) is 0 Å². The van der Waals surface area contributed by atoms with Gasteiger partial charge in [-0.15, -0.1) is 0 Å². The van der Waals surface area contributed by atoms with Crippen LogP contribution in [0, 0.1) is 17.5 Å². The third-order valence-corrected chi connectivity index (χ3v) is 8.48. The fourth-order valence-corrected chi connectivity index (χ4v) is 5.83. The summed E-state index contributed by atoms with van der Waals surface area (Å²) in [6.07, 6.45) is -2.98. The Labute approximate surface area is 316 Å². The lowest BCUT2D eigenvalue weighted by Crippen LogP contribution is -2.11. The zero-order chi connectivity index (χ0) is 40.7. The molecule has 0 bridgehead atoms. The van der Waals surface area contributed by atoms with Gasteiger partial charge in [0.1, 0.15) is 46.2 Å². The summed E-state index contributed by atoms with van der Waals surface area (Å²) in [5.74, 6) is -2.46. The van der Waals surface area contributed by atoms with Crippen molar-refractivity contribution in [3.05, 3.63) is 147 Å². The van der Waals surface area contributed by atoms with Crippen LogP contribution in [-0.4, -0.2) is 42.0 Å². The van der Waals surface area contributed by atoms with E-state index in [0.29, 0.717) is 53.0 Å². The average Bonchev–Trinajstić information content (AvgIpc) is 3.16. The number of phenolic OH excluding ortho intramolecular Hbond substituents is 3. The molecule has 0 saturated heterocycles. The van der Waals surface area contributed by atoms with Crippen molar-refractivity contribution in [1.82, 2.24) is 0 Å². The molecule has 5 rings (SSSR count). The van der Waals surface area contributed by atoms with Gasteiger partial charge >= 0.3 is 6.18 Å². The van der Waals surface area contributed by atoms with Gasteiger partial charge in [-0.25, -0.2) is 13.2 Å². The largest absolute Gasteiger partial charge is 0.508 e. The minimum atomic E-state index is -4.48. The first-order valence-electron chi connectivity index (χ1n) is 17.5. The predicted octanol–water partition coefficient (Wildman–Crippen LogP) is 11.0. The first-order valence-corrected chi connectivity index (χ1v) is 17.5. The quantitative estimate of drug-likeness (QED) is 0.0664. The van der Waals surface area contributed by atoms with Crippen molar-refractivity contribution >= 4 is 6.29 Å². The molecule has 1 atom stereocenters. The molecule has 0 spiro atoms. The second-order valence-corrected chi connectivity index (χ2v) is 12.4. The number of halogens is 6. The third kappa shape index (κ3) is 12.4. The van der Waals surface area contributed by atoms with Gasteiger partial charge in [0.05, 0.1) is 19.8 Å². The fourth-order valence-electron chi connectivity index (χ4n) is 5.83. The van der Waals surface area contributed by atoms with Crippen molar-refractivity contribution in [3.8, 4) is 28.7 Å². The van der Waals surface area contributed by atoms with Gasteiger partial charge in [-0.05, 0) is 96.6 Å². The van der Waals surface area contributed by atoms with Crippen molar-refractivity contribution in [2.45, 2.75) is 64.5 Å². The van der Waals surface area contributed by atoms with E-state index in [1.54, 1.807) is 49.6 Å². The second kappa shape index (κ2) is 20.7. The van der Waals surface area contributed by atoms with E-state index in [4.69, 9.17) is 14.6 Å². The summed E-state index contributed by atoms with van der Waals surface area (Å²) in [5, 5.41) is 30.5. The Morgan fingerprint density at radius 2 is 1.11 bits per heavy atom. The van der Waals surface area contributed by atoms with Crippen LogP contribution in [0.4, 0.5) is 26.3 Å². The number of alkyl halides is 3. The second-order valence-electron chi connectivity index (χ2n) is 12.4. The molecule has 6 nitrogen and oxygen atoms in total. The van der Waals surface area contributed by atoms with Crippen LogP contribution < -0.4 is 9.47 Å². The van der Waals surface area contributed by atoms with Crippen LogP contribution in [-0.2, 0) is 19.3 Å². The SMILES string of the molecule is CCCc1cc(O)c(C(c2cc(F)c(CCC(F)(F)F)cc2O)c2ccccc2OC)cc1F.CCCc1cc(O)ccc1F.COc1ccccc1C=O. The van der Waals surface area contributed by atoms with Crippen LogP contribution in [0.25, 0.3) is 0 Å². The number of hydrogen-bond acceptors (Lipinski definition) is 6. The molecular formula is C43H44F6O6. The normalized spacial score (nSPS) is 11.4. The number of para-hydroxylation sites is 2. The highest BCUT2D eigenvalue weighted by molar-refractivity contribution is 5.79. The van der Waals surface area contributed by atoms with Crippen LogP contribution in [0.15, 0.2) is 91.0 Å². The summed E-state index contributed by atoms with van der Waals surface area (Å²) >= 11 is 0. The molecule has 5 aromatic rings. The number of aromatic hydroxyl groups is 3. The number of hydrogen-bond donors (Lipinski definition) is 3. The predicted molar refractivity (Wildman–Crippen MR) is 199 cm³/mol. The van der Waals surface area contributed by atoms with Crippen molar-refractivity contribution in [3.63, 3.8) is 0 Å². The number of phenols is 3. The first kappa shape index (κ1) is 43.8. The maximum Gasteiger partial charge on any atom is 0.389 e. The molecule has 0 radical (unpaired) electrons. The maximum absolute atomic E-state index is 14.9. The van der Waals surface area contributed by atoms with Gasteiger partial charge in [0.2, 0.25) is 0 Å². The van der Waals surface area contributed by atoms with E-state index in [1.807, 2.05) is 19.9 Å². The van der Waals surface area contributed by atoms with Gasteiger partial charge in [-0.3, -0.25) is 4.79 Å². The van der Waals surface area contributed by atoms with Gasteiger partial charge in [0, 0.05) is 29.0 Å². The summed E-state index contributed by atoms with van der Waals surface area (Å²) in [7, 11) is 2.95. The minimum absolute atomic E-state index is 0.0456. The lowest BCUT2D eigenvalue weighted by molar-refractivity contribution is -0.134. The third-order valence-electron chi connectivity index (χ3n) is 8.48. The number of aryl methyl sites for hydroxylation is 3. The molecule has 294 valence electrons. The molecule has 0 fully saturated rings. The molecule has 5 aromatic carbocycles. The molecule has 3 N–H and O–H groups in total. The lowest BCUT2D eigenvalue weighted by atomic mass is 9.82. The number of aldehydes is 1. The molecule has 0 heterocycles.